The molecular formula is C9H12N2. The highest BCUT2D eigenvalue weighted by molar-refractivity contribution is 5.24. The Morgan fingerprint density at radius 2 is 2.27 bits per heavy atom. The lowest BCUT2D eigenvalue weighted by atomic mass is 10.1. The summed E-state index contributed by atoms with van der Waals surface area (Å²) in [5, 5.41) is 0. The maximum atomic E-state index is 5.50. The Morgan fingerprint density at radius 1 is 1.45 bits per heavy atom. The minimum absolute atomic E-state index is 0.605. The minimum atomic E-state index is 0.605. The van der Waals surface area contributed by atoms with E-state index in [4.69, 9.17) is 5.73 Å². The van der Waals surface area contributed by atoms with E-state index in [2.05, 4.69) is 11.1 Å². The van der Waals surface area contributed by atoms with Gasteiger partial charge in [-0.05, 0) is 29.9 Å². The van der Waals surface area contributed by atoms with Crippen LogP contribution in [0.4, 0.5) is 0 Å². The van der Waals surface area contributed by atoms with Gasteiger partial charge in [0.05, 0.1) is 0 Å². The molecule has 0 unspecified atom stereocenters. The molecule has 11 heavy (non-hydrogen) atoms. The summed E-state index contributed by atoms with van der Waals surface area (Å²) < 4.78 is 0. The zero-order chi connectivity index (χ0) is 7.68. The first-order chi connectivity index (χ1) is 5.40. The lowest BCUT2D eigenvalue weighted by Gasteiger charge is -1.99. The Balaban J connectivity index is 2.26. The van der Waals surface area contributed by atoms with Gasteiger partial charge in [0.1, 0.15) is 0 Å². The molecule has 58 valence electrons. The molecule has 1 heterocycles. The zero-order valence-corrected chi connectivity index (χ0v) is 6.46. The Labute approximate surface area is 66.4 Å². The van der Waals surface area contributed by atoms with Gasteiger partial charge in [-0.3, -0.25) is 4.98 Å². The summed E-state index contributed by atoms with van der Waals surface area (Å²) >= 11 is 0. The van der Waals surface area contributed by atoms with E-state index in [0.29, 0.717) is 6.54 Å². The summed E-state index contributed by atoms with van der Waals surface area (Å²) in [5.41, 5.74) is 8.02. The zero-order valence-electron chi connectivity index (χ0n) is 6.46. The van der Waals surface area contributed by atoms with Gasteiger partial charge in [-0.1, -0.05) is 6.07 Å². The van der Waals surface area contributed by atoms with Crippen LogP contribution in [-0.2, 0) is 6.54 Å². The molecule has 2 heteroatoms. The average Bonchev–Trinajstić information content (AvgIpc) is 2.87. The number of aromatic nitrogens is 1. The Kier molecular flexibility index (Phi) is 1.62. The maximum absolute atomic E-state index is 5.50. The molecule has 0 atom stereocenters. The lowest BCUT2D eigenvalue weighted by Crippen LogP contribution is -1.97. The van der Waals surface area contributed by atoms with Crippen molar-refractivity contribution in [1.29, 1.82) is 0 Å². The van der Waals surface area contributed by atoms with E-state index >= 15 is 0 Å². The molecule has 1 aromatic rings. The van der Waals surface area contributed by atoms with Crippen molar-refractivity contribution < 1.29 is 0 Å². The third-order valence-corrected chi connectivity index (χ3v) is 2.10. The van der Waals surface area contributed by atoms with Crippen molar-refractivity contribution in [2.75, 3.05) is 0 Å². The van der Waals surface area contributed by atoms with Crippen molar-refractivity contribution in [1.82, 2.24) is 4.98 Å². The Morgan fingerprint density at radius 3 is 2.91 bits per heavy atom. The third-order valence-electron chi connectivity index (χ3n) is 2.10. The van der Waals surface area contributed by atoms with Gasteiger partial charge in [-0.25, -0.2) is 0 Å². The Hall–Kier alpha value is -0.890. The van der Waals surface area contributed by atoms with Crippen LogP contribution in [0.25, 0.3) is 0 Å². The molecule has 0 saturated heterocycles. The van der Waals surface area contributed by atoms with Crippen LogP contribution in [0.15, 0.2) is 18.5 Å². The van der Waals surface area contributed by atoms with Crippen molar-refractivity contribution >= 4 is 0 Å². The number of nitrogens with zero attached hydrogens (tertiary/aromatic N) is 1. The van der Waals surface area contributed by atoms with Crippen LogP contribution in [0, 0.1) is 0 Å². The maximum Gasteiger partial charge on any atom is 0.0312 e. The molecule has 0 amide bonds. The highest BCUT2D eigenvalue weighted by Gasteiger charge is 2.23. The molecule has 0 radical (unpaired) electrons. The smallest absolute Gasteiger partial charge is 0.0312 e. The van der Waals surface area contributed by atoms with E-state index in [9.17, 15) is 0 Å². The van der Waals surface area contributed by atoms with Gasteiger partial charge in [0.2, 0.25) is 0 Å². The van der Waals surface area contributed by atoms with Gasteiger partial charge in [0.15, 0.2) is 0 Å². The van der Waals surface area contributed by atoms with Crippen molar-refractivity contribution in [2.24, 2.45) is 5.73 Å². The second-order valence-electron chi connectivity index (χ2n) is 3.10. The van der Waals surface area contributed by atoms with Crippen molar-refractivity contribution in [3.8, 4) is 0 Å². The second-order valence-corrected chi connectivity index (χ2v) is 3.10. The van der Waals surface area contributed by atoms with Gasteiger partial charge in [0, 0.05) is 18.9 Å². The van der Waals surface area contributed by atoms with Gasteiger partial charge >= 0.3 is 0 Å². The van der Waals surface area contributed by atoms with Crippen LogP contribution in [0.3, 0.4) is 0 Å². The SMILES string of the molecule is NCc1cncc(C2CC2)c1. The van der Waals surface area contributed by atoms with Gasteiger partial charge in [-0.15, -0.1) is 0 Å². The largest absolute Gasteiger partial charge is 0.326 e. The fourth-order valence-corrected chi connectivity index (χ4v) is 1.26. The normalized spacial score (nSPS) is 16.8. The first-order valence-corrected chi connectivity index (χ1v) is 4.04. The first kappa shape index (κ1) is 6.80. The van der Waals surface area contributed by atoms with Crippen molar-refractivity contribution in [3.63, 3.8) is 0 Å². The van der Waals surface area contributed by atoms with E-state index < -0.39 is 0 Å². The molecule has 1 aliphatic carbocycles. The predicted molar refractivity (Wildman–Crippen MR) is 44.1 cm³/mol. The van der Waals surface area contributed by atoms with E-state index in [1.54, 1.807) is 0 Å². The number of pyridine rings is 1. The highest BCUT2D eigenvalue weighted by atomic mass is 14.6. The van der Waals surface area contributed by atoms with Crippen LogP contribution in [0.1, 0.15) is 29.9 Å². The third kappa shape index (κ3) is 1.40. The van der Waals surface area contributed by atoms with Gasteiger partial charge in [-0.2, -0.15) is 0 Å². The highest BCUT2D eigenvalue weighted by Crippen LogP contribution is 2.39. The topological polar surface area (TPSA) is 38.9 Å². The monoisotopic (exact) mass is 148 g/mol. The summed E-state index contributed by atoms with van der Waals surface area (Å²) in [6.07, 6.45) is 6.45. The molecule has 2 N–H and O–H groups in total. The molecule has 1 saturated carbocycles. The van der Waals surface area contributed by atoms with E-state index in [-0.39, 0.29) is 0 Å². The fraction of sp³-hybridized carbons (Fsp3) is 0.444. The van der Waals surface area contributed by atoms with Crippen LogP contribution in [-0.4, -0.2) is 4.98 Å². The van der Waals surface area contributed by atoms with Crippen LogP contribution in [0.2, 0.25) is 0 Å². The average molecular weight is 148 g/mol. The molecule has 2 nitrogen and oxygen atoms in total. The number of rotatable bonds is 2. The minimum Gasteiger partial charge on any atom is -0.326 e. The lowest BCUT2D eigenvalue weighted by molar-refractivity contribution is 1.01. The van der Waals surface area contributed by atoms with E-state index in [1.807, 2.05) is 12.4 Å². The standard InChI is InChI=1S/C9H12N2/c10-4-7-3-9(6-11-5-7)8-1-2-8/h3,5-6,8H,1-2,4,10H2. The van der Waals surface area contributed by atoms with Crippen LogP contribution in [0.5, 0.6) is 0 Å². The number of hydrogen-bond donors (Lipinski definition) is 1. The Bertz CT molecular complexity index is 253. The number of hydrogen-bond acceptors (Lipinski definition) is 2. The summed E-state index contributed by atoms with van der Waals surface area (Å²) in [5.74, 6) is 0.786. The predicted octanol–water partition coefficient (Wildman–Crippen LogP) is 1.42. The summed E-state index contributed by atoms with van der Waals surface area (Å²) in [6.45, 7) is 0.605. The number of nitrogens with two attached hydrogens (primary N) is 1. The molecule has 0 spiro atoms. The van der Waals surface area contributed by atoms with Crippen molar-refractivity contribution in [2.45, 2.75) is 25.3 Å². The van der Waals surface area contributed by atoms with Crippen LogP contribution >= 0.6 is 0 Å². The molecule has 0 aliphatic heterocycles. The summed E-state index contributed by atoms with van der Waals surface area (Å²) in [7, 11) is 0. The van der Waals surface area contributed by atoms with Gasteiger partial charge in [0.25, 0.3) is 0 Å². The fourth-order valence-electron chi connectivity index (χ4n) is 1.26. The molecule has 1 aliphatic rings. The van der Waals surface area contributed by atoms with E-state index in [1.165, 1.54) is 18.4 Å². The molecule has 1 aromatic heterocycles. The molecular weight excluding hydrogens is 136 g/mol. The quantitative estimate of drug-likeness (QED) is 0.688. The van der Waals surface area contributed by atoms with Crippen molar-refractivity contribution in [3.05, 3.63) is 29.6 Å². The van der Waals surface area contributed by atoms with E-state index in [0.717, 1.165) is 11.5 Å². The summed E-state index contributed by atoms with van der Waals surface area (Å²) in [4.78, 5) is 4.14. The molecule has 2 rings (SSSR count). The first-order valence-electron chi connectivity index (χ1n) is 4.04. The molecule has 0 bridgehead atoms. The molecule has 0 aromatic carbocycles. The van der Waals surface area contributed by atoms with Crippen LogP contribution < -0.4 is 5.73 Å². The van der Waals surface area contributed by atoms with Gasteiger partial charge < -0.3 is 5.73 Å². The molecule has 1 fully saturated rings. The summed E-state index contributed by atoms with van der Waals surface area (Å²) in [6, 6.07) is 2.17. The second kappa shape index (κ2) is 2.62.